The molecule has 2 aliphatic heterocycles. The number of nitrogens with zero attached hydrogens (tertiary/aromatic N) is 1. The first-order chi connectivity index (χ1) is 9.46. The van der Waals surface area contributed by atoms with E-state index in [4.69, 9.17) is 0 Å². The Labute approximate surface area is 118 Å². The van der Waals surface area contributed by atoms with Gasteiger partial charge in [0.15, 0.2) is 9.84 Å². The Morgan fingerprint density at radius 2 is 2.05 bits per heavy atom. The molecule has 0 spiro atoms. The molecule has 0 aliphatic carbocycles. The number of rotatable bonds is 2. The topological polar surface area (TPSA) is 66.5 Å². The van der Waals surface area contributed by atoms with Gasteiger partial charge in [0.2, 0.25) is 5.91 Å². The Hall–Kier alpha value is -1.66. The number of para-hydroxylation sites is 1. The van der Waals surface area contributed by atoms with E-state index in [2.05, 4.69) is 5.32 Å². The van der Waals surface area contributed by atoms with Crippen molar-refractivity contribution >= 4 is 21.4 Å². The number of sulfone groups is 1. The Kier molecular flexibility index (Phi) is 3.14. The molecule has 1 aromatic rings. The van der Waals surface area contributed by atoms with E-state index < -0.39 is 9.84 Å². The van der Waals surface area contributed by atoms with E-state index in [1.807, 2.05) is 24.3 Å². The average molecular weight is 292 g/mol. The molecule has 1 aromatic carbocycles. The van der Waals surface area contributed by atoms with Crippen LogP contribution in [0.3, 0.4) is 0 Å². The zero-order chi connectivity index (χ0) is 14.3. The molecule has 2 heterocycles. The Morgan fingerprint density at radius 3 is 2.75 bits per heavy atom. The Bertz CT molecular complexity index is 681. The summed E-state index contributed by atoms with van der Waals surface area (Å²) in [6.07, 6.45) is 2.00. The molecule has 5 nitrogen and oxygen atoms in total. The molecule has 1 N–H and O–H groups in total. The summed E-state index contributed by atoms with van der Waals surface area (Å²) in [5.41, 5.74) is 1.92. The molecule has 106 valence electrons. The van der Waals surface area contributed by atoms with Gasteiger partial charge in [0.1, 0.15) is 0 Å². The standard InChI is InChI=1S/C14H16N2O3S/c1-16-13-5-3-2-4-11(13)12(8-14(16)17)15-10-6-7-20(18,19)9-10/h2-7,10,12,15H,8-9H2,1H3. The van der Waals surface area contributed by atoms with Crippen molar-refractivity contribution in [2.75, 3.05) is 17.7 Å². The predicted octanol–water partition coefficient (Wildman–Crippen LogP) is 0.994. The lowest BCUT2D eigenvalue weighted by Gasteiger charge is -2.33. The van der Waals surface area contributed by atoms with Crippen molar-refractivity contribution in [1.29, 1.82) is 0 Å². The van der Waals surface area contributed by atoms with Crippen molar-refractivity contribution in [3.05, 3.63) is 41.3 Å². The zero-order valence-corrected chi connectivity index (χ0v) is 11.9. The number of hydrogen-bond acceptors (Lipinski definition) is 4. The molecule has 2 unspecified atom stereocenters. The summed E-state index contributed by atoms with van der Waals surface area (Å²) in [6, 6.07) is 7.33. The third-order valence-corrected chi connectivity index (χ3v) is 5.17. The predicted molar refractivity (Wildman–Crippen MR) is 77.1 cm³/mol. The van der Waals surface area contributed by atoms with Gasteiger partial charge in [-0.2, -0.15) is 0 Å². The molecule has 0 bridgehead atoms. The summed E-state index contributed by atoms with van der Waals surface area (Å²) in [5.74, 6) is 0.0985. The second-order valence-electron chi connectivity index (χ2n) is 5.20. The minimum atomic E-state index is -3.09. The maximum absolute atomic E-state index is 12.0. The third kappa shape index (κ3) is 2.36. The van der Waals surface area contributed by atoms with Gasteiger partial charge in [0, 0.05) is 36.6 Å². The zero-order valence-electron chi connectivity index (χ0n) is 11.1. The van der Waals surface area contributed by atoms with Crippen molar-refractivity contribution in [3.63, 3.8) is 0 Å². The number of hydrogen-bond donors (Lipinski definition) is 1. The van der Waals surface area contributed by atoms with E-state index in [-0.39, 0.29) is 23.7 Å². The molecule has 2 aliphatic rings. The van der Waals surface area contributed by atoms with E-state index in [9.17, 15) is 13.2 Å². The van der Waals surface area contributed by atoms with Crippen molar-refractivity contribution in [2.24, 2.45) is 0 Å². The van der Waals surface area contributed by atoms with E-state index in [1.54, 1.807) is 18.0 Å². The van der Waals surface area contributed by atoms with Crippen LogP contribution < -0.4 is 10.2 Å². The summed E-state index contributed by atoms with van der Waals surface area (Å²) in [5, 5.41) is 4.51. The average Bonchev–Trinajstić information content (AvgIpc) is 2.75. The van der Waals surface area contributed by atoms with E-state index in [1.165, 1.54) is 5.41 Å². The normalized spacial score (nSPS) is 27.6. The summed E-state index contributed by atoms with van der Waals surface area (Å²) >= 11 is 0. The lowest BCUT2D eigenvalue weighted by Crippen LogP contribution is -2.41. The van der Waals surface area contributed by atoms with Gasteiger partial charge in [0.25, 0.3) is 0 Å². The molecule has 20 heavy (non-hydrogen) atoms. The van der Waals surface area contributed by atoms with E-state index >= 15 is 0 Å². The first-order valence-electron chi connectivity index (χ1n) is 6.49. The highest BCUT2D eigenvalue weighted by atomic mass is 32.2. The van der Waals surface area contributed by atoms with Crippen LogP contribution in [0.25, 0.3) is 0 Å². The highest BCUT2D eigenvalue weighted by Crippen LogP contribution is 2.34. The van der Waals surface area contributed by atoms with Crippen molar-refractivity contribution < 1.29 is 13.2 Å². The first-order valence-corrected chi connectivity index (χ1v) is 8.20. The molecular formula is C14H16N2O3S. The van der Waals surface area contributed by atoms with Gasteiger partial charge < -0.3 is 10.2 Å². The maximum atomic E-state index is 12.0. The van der Waals surface area contributed by atoms with Crippen LogP contribution >= 0.6 is 0 Å². The highest BCUT2D eigenvalue weighted by molar-refractivity contribution is 7.94. The van der Waals surface area contributed by atoms with Crippen LogP contribution in [-0.2, 0) is 14.6 Å². The van der Waals surface area contributed by atoms with Crippen LogP contribution in [0.15, 0.2) is 35.7 Å². The highest BCUT2D eigenvalue weighted by Gasteiger charge is 2.31. The van der Waals surface area contributed by atoms with E-state index in [0.717, 1.165) is 11.3 Å². The summed E-state index contributed by atoms with van der Waals surface area (Å²) in [4.78, 5) is 13.7. The number of anilines is 1. The quantitative estimate of drug-likeness (QED) is 0.883. The Balaban J connectivity index is 1.86. The van der Waals surface area contributed by atoms with Gasteiger partial charge in [-0.25, -0.2) is 8.42 Å². The first kappa shape index (κ1) is 13.3. The maximum Gasteiger partial charge on any atom is 0.228 e. The number of carbonyl (C=O) groups excluding carboxylic acids is 1. The summed E-state index contributed by atoms with van der Waals surface area (Å²) in [7, 11) is -1.33. The van der Waals surface area contributed by atoms with Crippen LogP contribution in [0.2, 0.25) is 0 Å². The van der Waals surface area contributed by atoms with Crippen LogP contribution in [-0.4, -0.2) is 33.2 Å². The van der Waals surface area contributed by atoms with Crippen molar-refractivity contribution in [1.82, 2.24) is 5.32 Å². The SMILES string of the molecule is CN1C(=O)CC(NC2C=CS(=O)(=O)C2)c2ccccc21. The lowest BCUT2D eigenvalue weighted by molar-refractivity contribution is -0.119. The van der Waals surface area contributed by atoms with Crippen LogP contribution in [0, 0.1) is 0 Å². The number of amides is 1. The third-order valence-electron chi connectivity index (χ3n) is 3.77. The largest absolute Gasteiger partial charge is 0.315 e. The number of carbonyl (C=O) groups is 1. The second kappa shape index (κ2) is 4.71. The molecule has 0 saturated heterocycles. The molecule has 1 amide bonds. The van der Waals surface area contributed by atoms with Crippen LogP contribution in [0.4, 0.5) is 5.69 Å². The van der Waals surface area contributed by atoms with Gasteiger partial charge in [-0.3, -0.25) is 4.79 Å². The van der Waals surface area contributed by atoms with Gasteiger partial charge in [0.05, 0.1) is 5.75 Å². The molecule has 0 radical (unpaired) electrons. The fourth-order valence-electron chi connectivity index (χ4n) is 2.73. The van der Waals surface area contributed by atoms with Crippen molar-refractivity contribution in [2.45, 2.75) is 18.5 Å². The van der Waals surface area contributed by atoms with Gasteiger partial charge >= 0.3 is 0 Å². The number of fused-ring (bicyclic) bond motifs is 1. The summed E-state index contributed by atoms with van der Waals surface area (Å²) in [6.45, 7) is 0. The van der Waals surface area contributed by atoms with E-state index in [0.29, 0.717) is 6.42 Å². The van der Waals surface area contributed by atoms with Gasteiger partial charge in [-0.05, 0) is 11.6 Å². The molecule has 0 aromatic heterocycles. The minimum Gasteiger partial charge on any atom is -0.315 e. The molecule has 6 heteroatoms. The Morgan fingerprint density at radius 1 is 1.30 bits per heavy atom. The second-order valence-corrected chi connectivity index (χ2v) is 7.13. The molecule has 2 atom stereocenters. The number of benzene rings is 1. The molecule has 3 rings (SSSR count). The fraction of sp³-hybridized carbons (Fsp3) is 0.357. The van der Waals surface area contributed by atoms with Gasteiger partial charge in [-0.1, -0.05) is 24.3 Å². The smallest absolute Gasteiger partial charge is 0.228 e. The number of nitrogens with one attached hydrogen (secondary N) is 1. The van der Waals surface area contributed by atoms with Crippen LogP contribution in [0.5, 0.6) is 0 Å². The molecule has 0 saturated carbocycles. The monoisotopic (exact) mass is 292 g/mol. The molecule has 0 fully saturated rings. The fourth-order valence-corrected chi connectivity index (χ4v) is 3.98. The van der Waals surface area contributed by atoms with Crippen molar-refractivity contribution in [3.8, 4) is 0 Å². The lowest BCUT2D eigenvalue weighted by atomic mass is 9.95. The molecular weight excluding hydrogens is 276 g/mol. The minimum absolute atomic E-state index is 0.0334. The van der Waals surface area contributed by atoms with Gasteiger partial charge in [-0.15, -0.1) is 0 Å². The van der Waals surface area contributed by atoms with Crippen LogP contribution in [0.1, 0.15) is 18.0 Å². The summed E-state index contributed by atoms with van der Waals surface area (Å²) < 4.78 is 22.9.